The van der Waals surface area contributed by atoms with Crippen molar-refractivity contribution in [3.8, 4) is 0 Å². The van der Waals surface area contributed by atoms with Crippen molar-refractivity contribution in [3.63, 3.8) is 0 Å². The van der Waals surface area contributed by atoms with E-state index in [1.807, 2.05) is 24.5 Å². The molecule has 0 unspecified atom stereocenters. The summed E-state index contributed by atoms with van der Waals surface area (Å²) in [6.45, 7) is 5.64. The van der Waals surface area contributed by atoms with Crippen LogP contribution in [0.2, 0.25) is 0 Å². The molecule has 6 nitrogen and oxygen atoms in total. The lowest BCUT2D eigenvalue weighted by molar-refractivity contribution is 0.0705. The fourth-order valence-corrected chi connectivity index (χ4v) is 2.82. The lowest BCUT2D eigenvalue weighted by Gasteiger charge is -2.28. The molecular weight excluding hydrogens is 268 g/mol. The number of carbonyl (C=O) groups excluding carboxylic acids is 2. The van der Waals surface area contributed by atoms with Gasteiger partial charge in [0, 0.05) is 30.7 Å². The number of aromatic amines is 1. The number of fused-ring (bicyclic) bond motifs is 1. The summed E-state index contributed by atoms with van der Waals surface area (Å²) in [7, 11) is 0. The van der Waals surface area contributed by atoms with Crippen LogP contribution in [0.15, 0.2) is 18.3 Å². The summed E-state index contributed by atoms with van der Waals surface area (Å²) in [5.41, 5.74) is 9.30. The van der Waals surface area contributed by atoms with Gasteiger partial charge in [-0.3, -0.25) is 9.59 Å². The Morgan fingerprint density at radius 2 is 2.00 bits per heavy atom. The number of nitrogens with zero attached hydrogens (tertiary/aromatic N) is 2. The fourth-order valence-electron chi connectivity index (χ4n) is 2.82. The summed E-state index contributed by atoms with van der Waals surface area (Å²) in [6, 6.07) is 3.72. The Balaban J connectivity index is 1.84. The summed E-state index contributed by atoms with van der Waals surface area (Å²) in [4.78, 5) is 28.7. The molecular formula is C15H18N4O2. The SMILES string of the molecule is Cc1cc(C)c(C(=O)N2CCn3cc(C(N)=O)cc3C2)[nH]1. The molecule has 2 aromatic rings. The van der Waals surface area contributed by atoms with Gasteiger partial charge in [0.25, 0.3) is 5.91 Å². The standard InChI is InChI=1S/C15H18N4O2/c1-9-5-10(2)17-13(9)15(21)19-4-3-18-7-11(14(16)20)6-12(18)8-19/h5-7,17H,3-4,8H2,1-2H3,(H2,16,20). The maximum atomic E-state index is 12.6. The predicted molar refractivity (Wildman–Crippen MR) is 78.0 cm³/mol. The quantitative estimate of drug-likeness (QED) is 0.869. The van der Waals surface area contributed by atoms with Gasteiger partial charge in [-0.05, 0) is 31.5 Å². The maximum absolute atomic E-state index is 12.6. The maximum Gasteiger partial charge on any atom is 0.270 e. The number of primary amides is 1. The molecule has 2 amide bonds. The number of rotatable bonds is 2. The van der Waals surface area contributed by atoms with Gasteiger partial charge in [-0.1, -0.05) is 0 Å². The van der Waals surface area contributed by atoms with Crippen LogP contribution in [0, 0.1) is 13.8 Å². The highest BCUT2D eigenvalue weighted by Crippen LogP contribution is 2.19. The molecule has 0 radical (unpaired) electrons. The molecule has 21 heavy (non-hydrogen) atoms. The predicted octanol–water partition coefficient (Wildman–Crippen LogP) is 1.19. The summed E-state index contributed by atoms with van der Waals surface area (Å²) in [6.07, 6.45) is 1.75. The van der Waals surface area contributed by atoms with E-state index >= 15 is 0 Å². The number of hydrogen-bond acceptors (Lipinski definition) is 2. The smallest absolute Gasteiger partial charge is 0.270 e. The molecule has 110 valence electrons. The molecule has 3 heterocycles. The van der Waals surface area contributed by atoms with Crippen LogP contribution in [-0.2, 0) is 13.1 Å². The monoisotopic (exact) mass is 286 g/mol. The van der Waals surface area contributed by atoms with E-state index in [0.717, 1.165) is 17.0 Å². The van der Waals surface area contributed by atoms with Crippen molar-refractivity contribution in [2.75, 3.05) is 6.54 Å². The van der Waals surface area contributed by atoms with Crippen LogP contribution in [0.25, 0.3) is 0 Å². The molecule has 0 aromatic carbocycles. The molecule has 1 aliphatic heterocycles. The van der Waals surface area contributed by atoms with Gasteiger partial charge in [0.1, 0.15) is 5.69 Å². The second kappa shape index (κ2) is 4.80. The lowest BCUT2D eigenvalue weighted by Crippen LogP contribution is -2.38. The van der Waals surface area contributed by atoms with E-state index in [9.17, 15) is 9.59 Å². The van der Waals surface area contributed by atoms with Crippen molar-refractivity contribution in [1.29, 1.82) is 0 Å². The van der Waals surface area contributed by atoms with Gasteiger partial charge < -0.3 is 20.2 Å². The third kappa shape index (κ3) is 2.33. The first-order valence-electron chi connectivity index (χ1n) is 6.90. The molecule has 0 saturated carbocycles. The van der Waals surface area contributed by atoms with Gasteiger partial charge in [-0.25, -0.2) is 0 Å². The highest BCUT2D eigenvalue weighted by molar-refractivity contribution is 5.94. The fraction of sp³-hybridized carbons (Fsp3) is 0.333. The van der Waals surface area contributed by atoms with E-state index in [1.54, 1.807) is 17.2 Å². The second-order valence-corrected chi connectivity index (χ2v) is 5.51. The Morgan fingerprint density at radius 3 is 2.62 bits per heavy atom. The zero-order valence-corrected chi connectivity index (χ0v) is 12.1. The van der Waals surface area contributed by atoms with Crippen LogP contribution in [0.4, 0.5) is 0 Å². The molecule has 3 N–H and O–H groups in total. The minimum atomic E-state index is -0.439. The molecule has 0 aliphatic carbocycles. The van der Waals surface area contributed by atoms with E-state index in [1.165, 1.54) is 0 Å². The molecule has 3 rings (SSSR count). The third-order valence-electron chi connectivity index (χ3n) is 3.88. The summed E-state index contributed by atoms with van der Waals surface area (Å²) in [5, 5.41) is 0. The Kier molecular flexibility index (Phi) is 3.08. The summed E-state index contributed by atoms with van der Waals surface area (Å²) in [5.74, 6) is -0.445. The van der Waals surface area contributed by atoms with Gasteiger partial charge in [0.05, 0.1) is 12.1 Å². The third-order valence-corrected chi connectivity index (χ3v) is 3.88. The van der Waals surface area contributed by atoms with E-state index in [4.69, 9.17) is 5.73 Å². The number of H-pyrrole nitrogens is 1. The minimum Gasteiger partial charge on any atom is -0.366 e. The highest BCUT2D eigenvalue weighted by Gasteiger charge is 2.24. The van der Waals surface area contributed by atoms with Crippen molar-refractivity contribution in [3.05, 3.63) is 46.5 Å². The number of amides is 2. The topological polar surface area (TPSA) is 84.1 Å². The van der Waals surface area contributed by atoms with Gasteiger partial charge in [-0.2, -0.15) is 0 Å². The van der Waals surface area contributed by atoms with Gasteiger partial charge in [0.15, 0.2) is 0 Å². The Bertz CT molecular complexity index is 726. The van der Waals surface area contributed by atoms with Crippen LogP contribution >= 0.6 is 0 Å². The summed E-state index contributed by atoms with van der Waals surface area (Å²) < 4.78 is 1.98. The van der Waals surface area contributed by atoms with Crippen LogP contribution < -0.4 is 5.73 Å². The molecule has 1 aliphatic rings. The zero-order chi connectivity index (χ0) is 15.1. The Hall–Kier alpha value is -2.50. The van der Waals surface area contributed by atoms with E-state index in [2.05, 4.69) is 4.98 Å². The Labute approximate surface area is 122 Å². The molecule has 0 spiro atoms. The summed E-state index contributed by atoms with van der Waals surface area (Å²) >= 11 is 0. The number of aromatic nitrogens is 2. The normalized spacial score (nSPS) is 14.1. The van der Waals surface area contributed by atoms with E-state index < -0.39 is 5.91 Å². The molecule has 0 fully saturated rings. The first-order chi connectivity index (χ1) is 9.95. The first kappa shape index (κ1) is 13.5. The molecule has 0 saturated heterocycles. The van der Waals surface area contributed by atoms with E-state index in [-0.39, 0.29) is 5.91 Å². The van der Waals surface area contributed by atoms with Crippen LogP contribution in [0.1, 0.15) is 37.8 Å². The zero-order valence-electron chi connectivity index (χ0n) is 12.1. The van der Waals surface area contributed by atoms with Crippen molar-refractivity contribution < 1.29 is 9.59 Å². The van der Waals surface area contributed by atoms with E-state index in [0.29, 0.717) is 30.9 Å². The van der Waals surface area contributed by atoms with Crippen molar-refractivity contribution in [1.82, 2.24) is 14.5 Å². The van der Waals surface area contributed by atoms with Gasteiger partial charge in [0.2, 0.25) is 5.91 Å². The minimum absolute atomic E-state index is 0.00586. The van der Waals surface area contributed by atoms with Gasteiger partial charge >= 0.3 is 0 Å². The number of aryl methyl sites for hydroxylation is 2. The second-order valence-electron chi connectivity index (χ2n) is 5.51. The van der Waals surface area contributed by atoms with Crippen LogP contribution in [0.3, 0.4) is 0 Å². The van der Waals surface area contributed by atoms with Crippen molar-refractivity contribution in [2.45, 2.75) is 26.9 Å². The van der Waals surface area contributed by atoms with Gasteiger partial charge in [-0.15, -0.1) is 0 Å². The first-order valence-corrected chi connectivity index (χ1v) is 6.90. The van der Waals surface area contributed by atoms with Crippen molar-refractivity contribution >= 4 is 11.8 Å². The molecule has 0 bridgehead atoms. The lowest BCUT2D eigenvalue weighted by atomic mass is 10.2. The largest absolute Gasteiger partial charge is 0.366 e. The average Bonchev–Trinajstić information content (AvgIpc) is 3.00. The average molecular weight is 286 g/mol. The Morgan fingerprint density at radius 1 is 1.24 bits per heavy atom. The molecule has 0 atom stereocenters. The molecule has 2 aromatic heterocycles. The number of nitrogens with one attached hydrogen (secondary N) is 1. The van der Waals surface area contributed by atoms with Crippen LogP contribution in [-0.4, -0.2) is 32.8 Å². The number of hydrogen-bond donors (Lipinski definition) is 2. The van der Waals surface area contributed by atoms with Crippen molar-refractivity contribution in [2.24, 2.45) is 5.73 Å². The molecule has 6 heteroatoms. The number of nitrogens with two attached hydrogens (primary N) is 1. The van der Waals surface area contributed by atoms with Crippen LogP contribution in [0.5, 0.6) is 0 Å². The number of carbonyl (C=O) groups is 2. The highest BCUT2D eigenvalue weighted by atomic mass is 16.2.